The van der Waals surface area contributed by atoms with Crippen LogP contribution in [0.5, 0.6) is 5.75 Å². The Balaban J connectivity index is 1.52. The number of carbonyl (C=O) groups excluding carboxylic acids is 2. The molecule has 1 N–H and O–H groups in total. The molecule has 5 rings (SSSR count). The Bertz CT molecular complexity index is 1490. The van der Waals surface area contributed by atoms with E-state index < -0.39 is 21.8 Å². The molecule has 9 heteroatoms. The van der Waals surface area contributed by atoms with Crippen LogP contribution in [0.3, 0.4) is 0 Å². The molecule has 1 aliphatic rings. The van der Waals surface area contributed by atoms with Crippen LogP contribution in [0.2, 0.25) is 0 Å². The van der Waals surface area contributed by atoms with Gasteiger partial charge >= 0.3 is 0 Å². The molecule has 0 atom stereocenters. The second-order valence-corrected chi connectivity index (χ2v) is 9.05. The fourth-order valence-electron chi connectivity index (χ4n) is 3.86. The molecular formula is C23H18N2O6S. The zero-order valence-electron chi connectivity index (χ0n) is 17.0. The summed E-state index contributed by atoms with van der Waals surface area (Å²) in [5.74, 6) is -0.562. The van der Waals surface area contributed by atoms with Crippen molar-refractivity contribution < 1.29 is 27.2 Å². The first kappa shape index (κ1) is 20.1. The first-order valence-corrected chi connectivity index (χ1v) is 11.3. The van der Waals surface area contributed by atoms with E-state index in [0.717, 1.165) is 15.7 Å². The van der Waals surface area contributed by atoms with Crippen LogP contribution in [0.25, 0.3) is 21.9 Å². The molecule has 1 aliphatic heterocycles. The summed E-state index contributed by atoms with van der Waals surface area (Å²) in [4.78, 5) is 25.2. The number of imide groups is 1. The number of amides is 2. The number of hydrogen-bond donors (Lipinski definition) is 1. The Labute approximate surface area is 183 Å². The lowest BCUT2D eigenvalue weighted by molar-refractivity contribution is -0.121. The Morgan fingerprint density at radius 3 is 2.38 bits per heavy atom. The van der Waals surface area contributed by atoms with Crippen LogP contribution in [0, 0.1) is 0 Å². The summed E-state index contributed by atoms with van der Waals surface area (Å²) in [5, 5.41) is 1.82. The summed E-state index contributed by atoms with van der Waals surface area (Å²) in [6.45, 7) is 0. The molecule has 2 amide bonds. The second kappa shape index (κ2) is 7.38. The van der Waals surface area contributed by atoms with Gasteiger partial charge in [-0.25, -0.2) is 13.3 Å². The van der Waals surface area contributed by atoms with Crippen LogP contribution >= 0.6 is 0 Å². The molecule has 3 aromatic carbocycles. The first-order chi connectivity index (χ1) is 15.4. The first-order valence-electron chi connectivity index (χ1n) is 9.85. The molecule has 1 fully saturated rings. The van der Waals surface area contributed by atoms with Gasteiger partial charge in [0.2, 0.25) is 11.8 Å². The van der Waals surface area contributed by atoms with E-state index in [9.17, 15) is 18.0 Å². The van der Waals surface area contributed by atoms with Gasteiger partial charge in [-0.1, -0.05) is 18.2 Å². The molecule has 0 saturated carbocycles. The summed E-state index contributed by atoms with van der Waals surface area (Å²) in [6, 6.07) is 16.7. The maximum atomic E-state index is 13.1. The van der Waals surface area contributed by atoms with Gasteiger partial charge < -0.3 is 9.15 Å². The number of para-hydroxylation sites is 1. The lowest BCUT2D eigenvalue weighted by atomic mass is 10.1. The number of furan rings is 1. The molecule has 1 saturated heterocycles. The van der Waals surface area contributed by atoms with Gasteiger partial charge in [0.15, 0.2) is 0 Å². The van der Waals surface area contributed by atoms with E-state index in [1.807, 2.05) is 24.3 Å². The van der Waals surface area contributed by atoms with Gasteiger partial charge in [-0.05, 0) is 36.4 Å². The van der Waals surface area contributed by atoms with Gasteiger partial charge in [-0.3, -0.25) is 14.3 Å². The summed E-state index contributed by atoms with van der Waals surface area (Å²) >= 11 is 0. The van der Waals surface area contributed by atoms with E-state index in [0.29, 0.717) is 16.9 Å². The number of anilines is 2. The quantitative estimate of drug-likeness (QED) is 0.460. The molecule has 0 radical (unpaired) electrons. The molecule has 2 heterocycles. The third-order valence-electron chi connectivity index (χ3n) is 5.38. The fourth-order valence-corrected chi connectivity index (χ4v) is 4.93. The van der Waals surface area contributed by atoms with Crippen molar-refractivity contribution in [2.75, 3.05) is 16.7 Å². The third kappa shape index (κ3) is 3.27. The second-order valence-electron chi connectivity index (χ2n) is 7.37. The number of benzene rings is 3. The number of nitrogens with one attached hydrogen (secondary N) is 1. The van der Waals surface area contributed by atoms with Crippen LogP contribution in [0.1, 0.15) is 12.8 Å². The molecule has 8 nitrogen and oxygen atoms in total. The largest absolute Gasteiger partial charge is 0.495 e. The molecule has 32 heavy (non-hydrogen) atoms. The number of sulfonamides is 1. The maximum absolute atomic E-state index is 13.1. The zero-order chi connectivity index (χ0) is 22.5. The van der Waals surface area contributed by atoms with Crippen LogP contribution in [-0.2, 0) is 19.6 Å². The van der Waals surface area contributed by atoms with E-state index in [1.54, 1.807) is 18.2 Å². The number of hydrogen-bond acceptors (Lipinski definition) is 6. The van der Waals surface area contributed by atoms with Crippen molar-refractivity contribution in [3.05, 3.63) is 60.7 Å². The summed E-state index contributed by atoms with van der Waals surface area (Å²) < 4.78 is 39.7. The topological polar surface area (TPSA) is 106 Å². The van der Waals surface area contributed by atoms with Gasteiger partial charge in [0.1, 0.15) is 16.9 Å². The third-order valence-corrected chi connectivity index (χ3v) is 6.76. The lowest BCUT2D eigenvalue weighted by Gasteiger charge is -2.18. The van der Waals surface area contributed by atoms with Crippen LogP contribution < -0.4 is 14.4 Å². The predicted octanol–water partition coefficient (Wildman–Crippen LogP) is 4.05. The molecule has 0 spiro atoms. The van der Waals surface area contributed by atoms with E-state index >= 15 is 0 Å². The molecule has 4 aromatic rings. The minimum Gasteiger partial charge on any atom is -0.495 e. The minimum absolute atomic E-state index is 0.0781. The average molecular weight is 450 g/mol. The monoisotopic (exact) mass is 450 g/mol. The number of methoxy groups -OCH3 is 1. The van der Waals surface area contributed by atoms with Crippen molar-refractivity contribution in [3.8, 4) is 5.75 Å². The molecule has 0 aliphatic carbocycles. The van der Waals surface area contributed by atoms with Crippen molar-refractivity contribution in [2.45, 2.75) is 17.7 Å². The molecular weight excluding hydrogens is 432 g/mol. The van der Waals surface area contributed by atoms with E-state index in [2.05, 4.69) is 4.72 Å². The van der Waals surface area contributed by atoms with Crippen LogP contribution in [-0.4, -0.2) is 27.3 Å². The zero-order valence-corrected chi connectivity index (χ0v) is 17.8. The van der Waals surface area contributed by atoms with Crippen molar-refractivity contribution >= 4 is 55.2 Å². The highest BCUT2D eigenvalue weighted by atomic mass is 32.2. The van der Waals surface area contributed by atoms with Gasteiger partial charge in [0.25, 0.3) is 10.0 Å². The summed E-state index contributed by atoms with van der Waals surface area (Å²) in [5.41, 5.74) is 1.69. The van der Waals surface area contributed by atoms with E-state index in [1.165, 1.54) is 25.3 Å². The Hall–Kier alpha value is -3.85. The van der Waals surface area contributed by atoms with E-state index in [-0.39, 0.29) is 29.2 Å². The number of nitrogens with zero attached hydrogens (tertiary/aromatic N) is 1. The smallest absolute Gasteiger partial charge is 0.261 e. The number of fused-ring (bicyclic) bond motifs is 3. The van der Waals surface area contributed by atoms with Gasteiger partial charge in [0.05, 0.1) is 23.4 Å². The minimum atomic E-state index is -4.02. The average Bonchev–Trinajstić information content (AvgIpc) is 3.31. The SMILES string of the molecule is COc1ccc(S(=O)(=O)Nc2ccc3c(c2)oc2ccccc23)cc1N1C(=O)CCC1=O. The Kier molecular flexibility index (Phi) is 4.63. The number of carbonyl (C=O) groups is 2. The van der Waals surface area contributed by atoms with Crippen molar-refractivity contribution in [3.63, 3.8) is 0 Å². The lowest BCUT2D eigenvalue weighted by Crippen LogP contribution is -2.29. The predicted molar refractivity (Wildman–Crippen MR) is 119 cm³/mol. The van der Waals surface area contributed by atoms with Crippen molar-refractivity contribution in [1.29, 1.82) is 0 Å². The molecule has 0 unspecified atom stereocenters. The molecule has 0 bridgehead atoms. The van der Waals surface area contributed by atoms with Gasteiger partial charge in [-0.15, -0.1) is 0 Å². The van der Waals surface area contributed by atoms with E-state index in [4.69, 9.17) is 9.15 Å². The number of ether oxygens (including phenoxy) is 1. The fraction of sp³-hybridized carbons (Fsp3) is 0.130. The van der Waals surface area contributed by atoms with Crippen LogP contribution in [0.15, 0.2) is 70.0 Å². The number of rotatable bonds is 5. The van der Waals surface area contributed by atoms with Crippen molar-refractivity contribution in [1.82, 2.24) is 0 Å². The van der Waals surface area contributed by atoms with Gasteiger partial charge in [0, 0.05) is 29.7 Å². The summed E-state index contributed by atoms with van der Waals surface area (Å²) in [6.07, 6.45) is 0.156. The molecule has 162 valence electrons. The Morgan fingerprint density at radius 1 is 0.906 bits per heavy atom. The van der Waals surface area contributed by atoms with Crippen LogP contribution in [0.4, 0.5) is 11.4 Å². The summed E-state index contributed by atoms with van der Waals surface area (Å²) in [7, 11) is -2.63. The highest BCUT2D eigenvalue weighted by molar-refractivity contribution is 7.92. The van der Waals surface area contributed by atoms with Gasteiger partial charge in [-0.2, -0.15) is 0 Å². The molecule has 1 aromatic heterocycles. The standard InChI is InChI=1S/C23H18N2O6S/c1-30-20-9-7-15(13-18(20)25-22(26)10-11-23(25)27)32(28,29)24-14-6-8-17-16-4-2-3-5-19(16)31-21(17)12-14/h2-9,12-13,24H,10-11H2,1H3. The highest BCUT2D eigenvalue weighted by Crippen LogP contribution is 2.35. The normalized spacial score (nSPS) is 14.5. The highest BCUT2D eigenvalue weighted by Gasteiger charge is 2.33. The maximum Gasteiger partial charge on any atom is 0.261 e. The van der Waals surface area contributed by atoms with Crippen molar-refractivity contribution in [2.24, 2.45) is 0 Å². The Morgan fingerprint density at radius 2 is 1.62 bits per heavy atom.